The number of benzene rings is 2. The summed E-state index contributed by atoms with van der Waals surface area (Å²) in [5, 5.41) is 0. The third-order valence-electron chi connectivity index (χ3n) is 3.88. The Kier molecular flexibility index (Phi) is 4.39. The van der Waals surface area contributed by atoms with Gasteiger partial charge in [-0.25, -0.2) is 0 Å². The average Bonchev–Trinajstić information content (AvgIpc) is 2.96. The normalized spacial score (nSPS) is 16.6. The van der Waals surface area contributed by atoms with E-state index in [4.69, 9.17) is 9.47 Å². The monoisotopic (exact) mass is 300 g/mol. The first-order valence-electron chi connectivity index (χ1n) is 7.33. The van der Waals surface area contributed by atoms with Crippen molar-refractivity contribution in [2.45, 2.75) is 24.2 Å². The van der Waals surface area contributed by atoms with Crippen LogP contribution in [0.1, 0.15) is 24.0 Å². The molecular weight excluding hydrogens is 280 g/mol. The number of aryl methyl sites for hydroxylation is 1. The van der Waals surface area contributed by atoms with Crippen LogP contribution in [0.25, 0.3) is 0 Å². The third kappa shape index (κ3) is 3.03. The van der Waals surface area contributed by atoms with E-state index in [1.807, 2.05) is 17.8 Å². The predicted octanol–water partition coefficient (Wildman–Crippen LogP) is 4.53. The first-order chi connectivity index (χ1) is 10.3. The van der Waals surface area contributed by atoms with E-state index in [2.05, 4.69) is 43.3 Å². The quantitative estimate of drug-likeness (QED) is 0.808. The van der Waals surface area contributed by atoms with Crippen molar-refractivity contribution in [3.63, 3.8) is 0 Å². The molecular formula is C18H20O2S. The Balaban J connectivity index is 1.71. The molecule has 0 spiro atoms. The predicted molar refractivity (Wildman–Crippen MR) is 87.8 cm³/mol. The molecule has 1 heterocycles. The van der Waals surface area contributed by atoms with Gasteiger partial charge in [0.2, 0.25) is 0 Å². The summed E-state index contributed by atoms with van der Waals surface area (Å²) in [6.45, 7) is 2.84. The Morgan fingerprint density at radius 1 is 1.14 bits per heavy atom. The van der Waals surface area contributed by atoms with Crippen molar-refractivity contribution in [3.05, 3.63) is 53.6 Å². The van der Waals surface area contributed by atoms with Gasteiger partial charge in [-0.3, -0.25) is 0 Å². The smallest absolute Gasteiger partial charge is 0.161 e. The van der Waals surface area contributed by atoms with Crippen LogP contribution >= 0.6 is 11.8 Å². The topological polar surface area (TPSA) is 18.5 Å². The molecule has 0 fully saturated rings. The van der Waals surface area contributed by atoms with Crippen molar-refractivity contribution in [1.82, 2.24) is 0 Å². The lowest BCUT2D eigenvalue weighted by Crippen LogP contribution is -2.10. The van der Waals surface area contributed by atoms with Gasteiger partial charge in [-0.1, -0.05) is 31.2 Å². The molecule has 1 aliphatic rings. The summed E-state index contributed by atoms with van der Waals surface area (Å²) < 4.78 is 11.5. The van der Waals surface area contributed by atoms with Crippen LogP contribution in [-0.4, -0.2) is 19.5 Å². The van der Waals surface area contributed by atoms with Gasteiger partial charge in [0.15, 0.2) is 11.5 Å². The molecule has 0 bridgehead atoms. The van der Waals surface area contributed by atoms with E-state index in [1.54, 1.807) is 7.11 Å². The van der Waals surface area contributed by atoms with E-state index >= 15 is 0 Å². The molecule has 0 saturated heterocycles. The molecule has 0 N–H and O–H groups in total. The van der Waals surface area contributed by atoms with Gasteiger partial charge >= 0.3 is 0 Å². The molecule has 3 heteroatoms. The second kappa shape index (κ2) is 6.44. The highest BCUT2D eigenvalue weighted by atomic mass is 32.2. The van der Waals surface area contributed by atoms with Gasteiger partial charge in [0.05, 0.1) is 13.7 Å². The summed E-state index contributed by atoms with van der Waals surface area (Å²) in [5.74, 6) is 3.22. The fourth-order valence-corrected chi connectivity index (χ4v) is 3.84. The first-order valence-corrected chi connectivity index (χ1v) is 8.31. The lowest BCUT2D eigenvalue weighted by atomic mass is 10.0. The first kappa shape index (κ1) is 14.3. The minimum atomic E-state index is 0.460. The number of hydrogen-bond donors (Lipinski definition) is 0. The van der Waals surface area contributed by atoms with Crippen molar-refractivity contribution < 1.29 is 9.47 Å². The number of methoxy groups -OCH3 is 1. The van der Waals surface area contributed by atoms with E-state index in [-0.39, 0.29) is 0 Å². The number of thioether (sulfide) groups is 1. The van der Waals surface area contributed by atoms with Crippen LogP contribution in [0.2, 0.25) is 0 Å². The average molecular weight is 300 g/mol. The molecule has 0 aliphatic carbocycles. The van der Waals surface area contributed by atoms with Crippen molar-refractivity contribution in [2.75, 3.05) is 19.5 Å². The number of fused-ring (bicyclic) bond motifs is 1. The van der Waals surface area contributed by atoms with Gasteiger partial charge in [0.1, 0.15) is 0 Å². The molecule has 0 radical (unpaired) electrons. The van der Waals surface area contributed by atoms with Crippen LogP contribution in [0, 0.1) is 0 Å². The molecule has 0 amide bonds. The highest BCUT2D eigenvalue weighted by molar-refractivity contribution is 7.99. The number of hydrogen-bond acceptors (Lipinski definition) is 3. The van der Waals surface area contributed by atoms with Gasteiger partial charge in [-0.05, 0) is 35.7 Å². The molecule has 110 valence electrons. The standard InChI is InChI=1S/C18H20O2S/c1-3-13-8-9-16(17(10-13)19-2)20-11-14-12-21-18-7-5-4-6-15(14)18/h4-10,14H,3,11-12H2,1-2H3. The molecule has 3 rings (SSSR count). The van der Waals surface area contributed by atoms with Crippen molar-refractivity contribution in [1.29, 1.82) is 0 Å². The highest BCUT2D eigenvalue weighted by Gasteiger charge is 2.23. The minimum Gasteiger partial charge on any atom is -0.493 e. The molecule has 0 aromatic heterocycles. The fourth-order valence-electron chi connectivity index (χ4n) is 2.61. The summed E-state index contributed by atoms with van der Waals surface area (Å²) in [4.78, 5) is 1.39. The Bertz CT molecular complexity index is 624. The fraction of sp³-hybridized carbons (Fsp3) is 0.333. The van der Waals surface area contributed by atoms with Gasteiger partial charge in [-0.15, -0.1) is 11.8 Å². The van der Waals surface area contributed by atoms with Crippen LogP contribution in [0.5, 0.6) is 11.5 Å². The van der Waals surface area contributed by atoms with Gasteiger partial charge in [0.25, 0.3) is 0 Å². The maximum atomic E-state index is 6.03. The molecule has 2 aromatic carbocycles. The van der Waals surface area contributed by atoms with E-state index in [1.165, 1.54) is 16.0 Å². The zero-order valence-electron chi connectivity index (χ0n) is 12.5. The largest absolute Gasteiger partial charge is 0.493 e. The second-order valence-corrected chi connectivity index (χ2v) is 6.26. The Labute approximate surface area is 130 Å². The molecule has 2 aromatic rings. The lowest BCUT2D eigenvalue weighted by molar-refractivity contribution is 0.279. The molecule has 1 unspecified atom stereocenters. The van der Waals surface area contributed by atoms with Gasteiger partial charge in [0, 0.05) is 16.6 Å². The van der Waals surface area contributed by atoms with Gasteiger partial charge < -0.3 is 9.47 Å². The number of rotatable bonds is 5. The van der Waals surface area contributed by atoms with Crippen molar-refractivity contribution in [2.24, 2.45) is 0 Å². The van der Waals surface area contributed by atoms with E-state index in [9.17, 15) is 0 Å². The molecule has 1 aliphatic heterocycles. The van der Waals surface area contributed by atoms with Crippen LogP contribution in [-0.2, 0) is 6.42 Å². The Hall–Kier alpha value is -1.61. The Morgan fingerprint density at radius 2 is 2.00 bits per heavy atom. The molecule has 21 heavy (non-hydrogen) atoms. The van der Waals surface area contributed by atoms with Crippen LogP contribution in [0.15, 0.2) is 47.4 Å². The molecule has 1 atom stereocenters. The van der Waals surface area contributed by atoms with E-state index < -0.39 is 0 Å². The van der Waals surface area contributed by atoms with E-state index in [0.717, 1.165) is 23.7 Å². The van der Waals surface area contributed by atoms with E-state index in [0.29, 0.717) is 12.5 Å². The third-order valence-corrected chi connectivity index (χ3v) is 5.13. The highest BCUT2D eigenvalue weighted by Crippen LogP contribution is 2.40. The lowest BCUT2D eigenvalue weighted by Gasteiger charge is -2.15. The zero-order chi connectivity index (χ0) is 14.7. The van der Waals surface area contributed by atoms with Crippen LogP contribution in [0.3, 0.4) is 0 Å². The summed E-state index contributed by atoms with van der Waals surface area (Å²) in [7, 11) is 1.70. The van der Waals surface area contributed by atoms with Crippen molar-refractivity contribution in [3.8, 4) is 11.5 Å². The maximum Gasteiger partial charge on any atom is 0.161 e. The number of ether oxygens (including phenoxy) is 2. The summed E-state index contributed by atoms with van der Waals surface area (Å²) in [6, 6.07) is 14.8. The zero-order valence-corrected chi connectivity index (χ0v) is 13.3. The van der Waals surface area contributed by atoms with Crippen molar-refractivity contribution >= 4 is 11.8 Å². The minimum absolute atomic E-state index is 0.460. The van der Waals surface area contributed by atoms with Crippen LogP contribution in [0.4, 0.5) is 0 Å². The maximum absolute atomic E-state index is 6.03. The summed E-state index contributed by atoms with van der Waals surface area (Å²) in [6.07, 6.45) is 1.00. The Morgan fingerprint density at radius 3 is 2.81 bits per heavy atom. The SMILES string of the molecule is CCc1ccc(OCC2CSc3ccccc32)c(OC)c1. The molecule has 2 nitrogen and oxygen atoms in total. The molecule has 0 saturated carbocycles. The summed E-state index contributed by atoms with van der Waals surface area (Å²) in [5.41, 5.74) is 2.67. The second-order valence-electron chi connectivity index (χ2n) is 5.20. The van der Waals surface area contributed by atoms with Crippen LogP contribution < -0.4 is 9.47 Å². The van der Waals surface area contributed by atoms with Gasteiger partial charge in [-0.2, -0.15) is 0 Å². The summed E-state index contributed by atoms with van der Waals surface area (Å²) >= 11 is 1.92.